The topological polar surface area (TPSA) is 73.7 Å². The zero-order chi connectivity index (χ0) is 16.2. The van der Waals surface area contributed by atoms with Crippen LogP contribution in [-0.4, -0.2) is 40.2 Å². The van der Waals surface area contributed by atoms with Crippen molar-refractivity contribution in [3.05, 3.63) is 48.2 Å². The highest BCUT2D eigenvalue weighted by Gasteiger charge is 2.38. The number of ether oxygens (including phenoxy) is 1. The summed E-state index contributed by atoms with van der Waals surface area (Å²) in [5, 5.41) is 7.77. The number of nitrogens with one attached hydrogen (secondary N) is 1. The van der Waals surface area contributed by atoms with Gasteiger partial charge in [0.25, 0.3) is 5.91 Å². The minimum Gasteiger partial charge on any atom is -0.445 e. The molecule has 0 radical (unpaired) electrons. The van der Waals surface area contributed by atoms with E-state index in [9.17, 15) is 9.59 Å². The average molecular weight is 313 g/mol. The Balaban J connectivity index is 1.62. The third-order valence-corrected chi connectivity index (χ3v) is 4.07. The van der Waals surface area contributed by atoms with Crippen molar-refractivity contribution in [2.75, 3.05) is 6.54 Å². The van der Waals surface area contributed by atoms with Crippen molar-refractivity contribution in [2.45, 2.75) is 31.9 Å². The van der Waals surface area contributed by atoms with E-state index in [-0.39, 0.29) is 18.3 Å². The van der Waals surface area contributed by atoms with Crippen LogP contribution < -0.4 is 0 Å². The molecule has 0 aliphatic carbocycles. The Kier molecular flexibility index (Phi) is 4.41. The van der Waals surface area contributed by atoms with Crippen molar-refractivity contribution in [2.24, 2.45) is 0 Å². The molecule has 2 aliphatic rings. The Morgan fingerprint density at radius 3 is 2.74 bits per heavy atom. The SMILES string of the molecule is N=C1CC=CN1C(=O)[C@@H]1CCCN1C(=O)OCc1ccccc1. The molecule has 0 aromatic heterocycles. The van der Waals surface area contributed by atoms with Crippen LogP contribution in [0, 0.1) is 5.41 Å². The number of carbonyl (C=O) groups excluding carboxylic acids is 2. The van der Waals surface area contributed by atoms with Crippen molar-refractivity contribution in [1.82, 2.24) is 9.80 Å². The van der Waals surface area contributed by atoms with Gasteiger partial charge in [0.15, 0.2) is 0 Å². The largest absolute Gasteiger partial charge is 0.445 e. The van der Waals surface area contributed by atoms with Crippen LogP contribution in [0.2, 0.25) is 0 Å². The molecule has 1 atom stereocenters. The van der Waals surface area contributed by atoms with Crippen LogP contribution in [0.4, 0.5) is 4.79 Å². The second-order valence-corrected chi connectivity index (χ2v) is 5.64. The fraction of sp³-hybridized carbons (Fsp3) is 0.353. The molecule has 1 saturated heterocycles. The van der Waals surface area contributed by atoms with Gasteiger partial charge in [-0.25, -0.2) is 4.79 Å². The Labute approximate surface area is 134 Å². The van der Waals surface area contributed by atoms with Gasteiger partial charge >= 0.3 is 6.09 Å². The molecule has 0 unspecified atom stereocenters. The van der Waals surface area contributed by atoms with E-state index in [2.05, 4.69) is 0 Å². The summed E-state index contributed by atoms with van der Waals surface area (Å²) in [6, 6.07) is 8.90. The number of likely N-dealkylation sites (tertiary alicyclic amines) is 1. The zero-order valence-corrected chi connectivity index (χ0v) is 12.8. The van der Waals surface area contributed by atoms with E-state index in [0.717, 1.165) is 12.0 Å². The highest BCUT2D eigenvalue weighted by Crippen LogP contribution is 2.22. The van der Waals surface area contributed by atoms with E-state index in [1.54, 1.807) is 12.3 Å². The number of benzene rings is 1. The van der Waals surface area contributed by atoms with Gasteiger partial charge in [-0.2, -0.15) is 0 Å². The number of hydrogen-bond donors (Lipinski definition) is 1. The first kappa shape index (κ1) is 15.3. The van der Waals surface area contributed by atoms with Crippen LogP contribution in [0.1, 0.15) is 24.8 Å². The summed E-state index contributed by atoms with van der Waals surface area (Å²) in [7, 11) is 0. The van der Waals surface area contributed by atoms with Crippen LogP contribution in [0.5, 0.6) is 0 Å². The third-order valence-electron chi connectivity index (χ3n) is 4.07. The van der Waals surface area contributed by atoms with Crippen molar-refractivity contribution in [3.63, 3.8) is 0 Å². The molecule has 23 heavy (non-hydrogen) atoms. The van der Waals surface area contributed by atoms with Crippen LogP contribution >= 0.6 is 0 Å². The lowest BCUT2D eigenvalue weighted by Crippen LogP contribution is -2.47. The summed E-state index contributed by atoms with van der Waals surface area (Å²) >= 11 is 0. The zero-order valence-electron chi connectivity index (χ0n) is 12.8. The molecule has 0 bridgehead atoms. The van der Waals surface area contributed by atoms with Gasteiger partial charge in [0.05, 0.1) is 0 Å². The van der Waals surface area contributed by atoms with Crippen LogP contribution in [-0.2, 0) is 16.1 Å². The lowest BCUT2D eigenvalue weighted by Gasteiger charge is -2.26. The van der Waals surface area contributed by atoms with E-state index < -0.39 is 12.1 Å². The molecular formula is C17H19N3O3. The number of hydrogen-bond acceptors (Lipinski definition) is 4. The minimum absolute atomic E-state index is 0.191. The molecule has 0 saturated carbocycles. The van der Waals surface area contributed by atoms with E-state index in [0.29, 0.717) is 19.4 Å². The number of nitrogens with zero attached hydrogens (tertiary/aromatic N) is 2. The maximum absolute atomic E-state index is 12.5. The van der Waals surface area contributed by atoms with Crippen molar-refractivity contribution in [1.29, 1.82) is 5.41 Å². The van der Waals surface area contributed by atoms with E-state index >= 15 is 0 Å². The van der Waals surface area contributed by atoms with E-state index in [1.807, 2.05) is 30.3 Å². The summed E-state index contributed by atoms with van der Waals surface area (Å²) in [6.07, 6.45) is 4.73. The van der Waals surface area contributed by atoms with Crippen molar-refractivity contribution >= 4 is 17.8 Å². The fourth-order valence-electron chi connectivity index (χ4n) is 2.87. The summed E-state index contributed by atoms with van der Waals surface area (Å²) in [6.45, 7) is 0.700. The summed E-state index contributed by atoms with van der Waals surface area (Å²) in [5.74, 6) is 0.0254. The molecule has 1 aromatic rings. The smallest absolute Gasteiger partial charge is 0.410 e. The molecule has 1 aromatic carbocycles. The molecule has 2 amide bonds. The lowest BCUT2D eigenvalue weighted by atomic mass is 10.2. The predicted molar refractivity (Wildman–Crippen MR) is 84.7 cm³/mol. The first-order valence-electron chi connectivity index (χ1n) is 7.71. The molecule has 3 rings (SSSR count). The summed E-state index contributed by atoms with van der Waals surface area (Å²) < 4.78 is 5.33. The highest BCUT2D eigenvalue weighted by molar-refractivity contribution is 6.03. The van der Waals surface area contributed by atoms with Gasteiger partial charge in [-0.1, -0.05) is 36.4 Å². The van der Waals surface area contributed by atoms with Gasteiger partial charge in [0, 0.05) is 19.2 Å². The van der Waals surface area contributed by atoms with Gasteiger partial charge in [-0.3, -0.25) is 20.0 Å². The maximum atomic E-state index is 12.5. The molecule has 2 heterocycles. The van der Waals surface area contributed by atoms with Gasteiger partial charge in [0.2, 0.25) is 0 Å². The molecule has 1 N–H and O–H groups in total. The quantitative estimate of drug-likeness (QED) is 0.932. The number of rotatable bonds is 3. The maximum Gasteiger partial charge on any atom is 0.410 e. The standard InChI is InChI=1S/C17H19N3O3/c18-15-9-5-11-20(15)16(21)14-8-4-10-19(14)17(22)23-12-13-6-2-1-3-7-13/h1-3,5-7,11,14,18H,4,8-10,12H2/t14-/m0/s1. The molecule has 120 valence electrons. The number of carbonyl (C=O) groups is 2. The first-order valence-corrected chi connectivity index (χ1v) is 7.71. The minimum atomic E-state index is -0.540. The molecule has 0 spiro atoms. The Morgan fingerprint density at radius 1 is 1.26 bits per heavy atom. The van der Waals surface area contributed by atoms with Gasteiger partial charge in [0.1, 0.15) is 18.5 Å². The Morgan fingerprint density at radius 2 is 2.04 bits per heavy atom. The van der Waals surface area contributed by atoms with Crippen LogP contribution in [0.25, 0.3) is 0 Å². The molecular weight excluding hydrogens is 294 g/mol. The van der Waals surface area contributed by atoms with E-state index in [1.165, 1.54) is 9.80 Å². The molecule has 6 heteroatoms. The lowest BCUT2D eigenvalue weighted by molar-refractivity contribution is -0.129. The van der Waals surface area contributed by atoms with Gasteiger partial charge in [-0.15, -0.1) is 0 Å². The monoisotopic (exact) mass is 313 g/mol. The fourth-order valence-corrected chi connectivity index (χ4v) is 2.87. The predicted octanol–water partition coefficient (Wildman–Crippen LogP) is 2.51. The Bertz CT molecular complexity index is 642. The van der Waals surface area contributed by atoms with Crippen LogP contribution in [0.15, 0.2) is 42.6 Å². The summed E-state index contributed by atoms with van der Waals surface area (Å²) in [5.41, 5.74) is 0.909. The Hall–Kier alpha value is -2.63. The number of amidine groups is 1. The second-order valence-electron chi connectivity index (χ2n) is 5.64. The highest BCUT2D eigenvalue weighted by atomic mass is 16.6. The second kappa shape index (κ2) is 6.64. The van der Waals surface area contributed by atoms with Crippen molar-refractivity contribution in [3.8, 4) is 0 Å². The van der Waals surface area contributed by atoms with Gasteiger partial charge in [-0.05, 0) is 18.4 Å². The number of amides is 2. The van der Waals surface area contributed by atoms with Crippen molar-refractivity contribution < 1.29 is 14.3 Å². The third kappa shape index (κ3) is 3.26. The summed E-state index contributed by atoms with van der Waals surface area (Å²) in [4.78, 5) is 27.6. The molecule has 1 fully saturated rings. The average Bonchev–Trinajstić information content (AvgIpc) is 3.22. The van der Waals surface area contributed by atoms with E-state index in [4.69, 9.17) is 10.1 Å². The normalized spacial score (nSPS) is 20.2. The van der Waals surface area contributed by atoms with Gasteiger partial charge < -0.3 is 4.74 Å². The molecule has 6 nitrogen and oxygen atoms in total. The first-order chi connectivity index (χ1) is 11.2. The molecule has 2 aliphatic heterocycles. The van der Waals surface area contributed by atoms with Crippen LogP contribution in [0.3, 0.4) is 0 Å².